The van der Waals surface area contributed by atoms with Gasteiger partial charge in [-0.25, -0.2) is 4.98 Å². The summed E-state index contributed by atoms with van der Waals surface area (Å²) in [6.07, 6.45) is 4.90. The molecule has 84 valence electrons. The van der Waals surface area contributed by atoms with Crippen molar-refractivity contribution < 1.29 is 0 Å². The monoisotopic (exact) mass is 218 g/mol. The minimum Gasteiger partial charge on any atom is -0.302 e. The number of nitrogens with zero attached hydrogens (tertiary/aromatic N) is 4. The molecule has 2 aromatic rings. The van der Waals surface area contributed by atoms with Gasteiger partial charge in [0.15, 0.2) is 0 Å². The number of H-pyrrole nitrogens is 1. The lowest BCUT2D eigenvalue weighted by Crippen LogP contribution is -2.21. The summed E-state index contributed by atoms with van der Waals surface area (Å²) in [5, 5.41) is 9.89. The van der Waals surface area contributed by atoms with Crippen LogP contribution in [0.5, 0.6) is 0 Å². The molecule has 0 amide bonds. The van der Waals surface area contributed by atoms with Gasteiger partial charge in [0.1, 0.15) is 12.2 Å². The molecule has 16 heavy (non-hydrogen) atoms. The van der Waals surface area contributed by atoms with Crippen molar-refractivity contribution in [1.82, 2.24) is 30.5 Å². The standard InChI is InChI=1S/C10H14N6/c1-7-10(12-4-3-11-7)8(2)13-5-9-14-6-15-16-9/h3-4,6,8,13H,5H2,1-2H3,(H,14,15,16). The zero-order valence-electron chi connectivity index (χ0n) is 9.31. The van der Waals surface area contributed by atoms with Gasteiger partial charge in [-0.15, -0.1) is 0 Å². The highest BCUT2D eigenvalue weighted by molar-refractivity contribution is 5.12. The van der Waals surface area contributed by atoms with Gasteiger partial charge in [0.2, 0.25) is 0 Å². The SMILES string of the molecule is Cc1nccnc1C(C)NCc1ncn[nH]1. The molecule has 0 radical (unpaired) electrons. The fraction of sp³-hybridized carbons (Fsp3) is 0.400. The van der Waals surface area contributed by atoms with Gasteiger partial charge < -0.3 is 5.32 Å². The smallest absolute Gasteiger partial charge is 0.138 e. The second kappa shape index (κ2) is 4.80. The van der Waals surface area contributed by atoms with E-state index < -0.39 is 0 Å². The highest BCUT2D eigenvalue weighted by Crippen LogP contribution is 2.11. The molecular formula is C10H14N6. The predicted octanol–water partition coefficient (Wildman–Crippen LogP) is 0.754. The average Bonchev–Trinajstić information content (AvgIpc) is 2.79. The summed E-state index contributed by atoms with van der Waals surface area (Å²) in [5.74, 6) is 0.813. The van der Waals surface area contributed by atoms with E-state index in [4.69, 9.17) is 0 Å². The van der Waals surface area contributed by atoms with Crippen molar-refractivity contribution in [2.75, 3.05) is 0 Å². The summed E-state index contributed by atoms with van der Waals surface area (Å²) in [4.78, 5) is 12.6. The summed E-state index contributed by atoms with van der Waals surface area (Å²) in [6.45, 7) is 4.64. The van der Waals surface area contributed by atoms with Crippen LogP contribution in [0, 0.1) is 6.92 Å². The first-order chi connectivity index (χ1) is 7.77. The number of aromatic nitrogens is 5. The fourth-order valence-electron chi connectivity index (χ4n) is 1.51. The lowest BCUT2D eigenvalue weighted by molar-refractivity contribution is 0.543. The molecular weight excluding hydrogens is 204 g/mol. The van der Waals surface area contributed by atoms with Gasteiger partial charge in [-0.05, 0) is 13.8 Å². The van der Waals surface area contributed by atoms with Crippen LogP contribution in [-0.4, -0.2) is 25.1 Å². The highest BCUT2D eigenvalue weighted by atomic mass is 15.2. The molecule has 1 unspecified atom stereocenters. The maximum Gasteiger partial charge on any atom is 0.138 e. The van der Waals surface area contributed by atoms with E-state index in [2.05, 4.69) is 30.5 Å². The van der Waals surface area contributed by atoms with Crippen molar-refractivity contribution in [3.05, 3.63) is 35.9 Å². The van der Waals surface area contributed by atoms with Gasteiger partial charge in [-0.3, -0.25) is 15.1 Å². The van der Waals surface area contributed by atoms with Crippen LogP contribution >= 0.6 is 0 Å². The van der Waals surface area contributed by atoms with Crippen molar-refractivity contribution in [3.63, 3.8) is 0 Å². The first-order valence-electron chi connectivity index (χ1n) is 5.12. The Balaban J connectivity index is 1.98. The molecule has 0 aliphatic heterocycles. The number of nitrogens with one attached hydrogen (secondary N) is 2. The summed E-state index contributed by atoms with van der Waals surface area (Å²) in [7, 11) is 0. The molecule has 0 fully saturated rings. The second-order valence-corrected chi connectivity index (χ2v) is 3.56. The minimum absolute atomic E-state index is 0.138. The van der Waals surface area contributed by atoms with Gasteiger partial charge >= 0.3 is 0 Å². The molecule has 2 N–H and O–H groups in total. The van der Waals surface area contributed by atoms with Crippen molar-refractivity contribution >= 4 is 0 Å². The third kappa shape index (κ3) is 2.40. The van der Waals surface area contributed by atoms with Crippen molar-refractivity contribution in [1.29, 1.82) is 0 Å². The zero-order chi connectivity index (χ0) is 11.4. The highest BCUT2D eigenvalue weighted by Gasteiger charge is 2.10. The largest absolute Gasteiger partial charge is 0.302 e. The van der Waals surface area contributed by atoms with E-state index in [0.717, 1.165) is 17.2 Å². The Hall–Kier alpha value is -1.82. The molecule has 2 aromatic heterocycles. The number of rotatable bonds is 4. The lowest BCUT2D eigenvalue weighted by Gasteiger charge is -2.13. The number of aromatic amines is 1. The van der Waals surface area contributed by atoms with Crippen LogP contribution in [0.2, 0.25) is 0 Å². The topological polar surface area (TPSA) is 79.4 Å². The van der Waals surface area contributed by atoms with Crippen LogP contribution in [0.4, 0.5) is 0 Å². The fourth-order valence-corrected chi connectivity index (χ4v) is 1.51. The Morgan fingerprint density at radius 1 is 1.31 bits per heavy atom. The van der Waals surface area contributed by atoms with E-state index >= 15 is 0 Å². The molecule has 2 rings (SSSR count). The Labute approximate surface area is 93.6 Å². The number of hydrogen-bond acceptors (Lipinski definition) is 5. The maximum absolute atomic E-state index is 4.31. The Morgan fingerprint density at radius 2 is 2.12 bits per heavy atom. The Morgan fingerprint density at radius 3 is 2.81 bits per heavy atom. The maximum atomic E-state index is 4.31. The van der Waals surface area contributed by atoms with Gasteiger partial charge in [0.05, 0.1) is 17.9 Å². The quantitative estimate of drug-likeness (QED) is 0.791. The average molecular weight is 218 g/mol. The molecule has 0 spiro atoms. The zero-order valence-corrected chi connectivity index (χ0v) is 9.31. The molecule has 0 aliphatic rings. The van der Waals surface area contributed by atoms with Gasteiger partial charge in [0, 0.05) is 18.4 Å². The Bertz CT molecular complexity index is 438. The molecule has 0 aliphatic carbocycles. The number of aryl methyl sites for hydroxylation is 1. The lowest BCUT2D eigenvalue weighted by atomic mass is 10.2. The van der Waals surface area contributed by atoms with E-state index in [1.165, 1.54) is 6.33 Å². The third-order valence-corrected chi connectivity index (χ3v) is 2.37. The predicted molar refractivity (Wildman–Crippen MR) is 58.4 cm³/mol. The van der Waals surface area contributed by atoms with Crippen molar-refractivity contribution in [2.45, 2.75) is 26.4 Å². The molecule has 6 nitrogen and oxygen atoms in total. The molecule has 0 aromatic carbocycles. The molecule has 0 saturated heterocycles. The van der Waals surface area contributed by atoms with Crippen LogP contribution in [-0.2, 0) is 6.54 Å². The first-order valence-corrected chi connectivity index (χ1v) is 5.12. The van der Waals surface area contributed by atoms with Gasteiger partial charge in [-0.1, -0.05) is 0 Å². The Kier molecular flexibility index (Phi) is 3.21. The molecule has 0 bridgehead atoms. The van der Waals surface area contributed by atoms with Crippen molar-refractivity contribution in [2.24, 2.45) is 0 Å². The third-order valence-electron chi connectivity index (χ3n) is 2.37. The number of hydrogen-bond donors (Lipinski definition) is 2. The van der Waals surface area contributed by atoms with E-state index in [1.807, 2.05) is 13.8 Å². The van der Waals surface area contributed by atoms with Crippen LogP contribution in [0.25, 0.3) is 0 Å². The van der Waals surface area contributed by atoms with E-state index in [0.29, 0.717) is 6.54 Å². The summed E-state index contributed by atoms with van der Waals surface area (Å²) in [5.41, 5.74) is 1.90. The van der Waals surface area contributed by atoms with Crippen LogP contribution < -0.4 is 5.32 Å². The molecule has 1 atom stereocenters. The van der Waals surface area contributed by atoms with Crippen molar-refractivity contribution in [3.8, 4) is 0 Å². The van der Waals surface area contributed by atoms with Gasteiger partial charge in [0.25, 0.3) is 0 Å². The molecule has 2 heterocycles. The minimum atomic E-state index is 0.138. The van der Waals surface area contributed by atoms with E-state index in [1.54, 1.807) is 12.4 Å². The van der Waals surface area contributed by atoms with Crippen LogP contribution in [0.1, 0.15) is 30.2 Å². The first kappa shape index (κ1) is 10.7. The van der Waals surface area contributed by atoms with Crippen LogP contribution in [0.3, 0.4) is 0 Å². The summed E-state index contributed by atoms with van der Waals surface area (Å²) < 4.78 is 0. The molecule has 6 heteroatoms. The van der Waals surface area contributed by atoms with E-state index in [9.17, 15) is 0 Å². The van der Waals surface area contributed by atoms with Crippen LogP contribution in [0.15, 0.2) is 18.7 Å². The molecule has 0 saturated carbocycles. The normalized spacial score (nSPS) is 12.6. The second-order valence-electron chi connectivity index (χ2n) is 3.56. The summed E-state index contributed by atoms with van der Waals surface area (Å²) >= 11 is 0. The van der Waals surface area contributed by atoms with Gasteiger partial charge in [-0.2, -0.15) is 5.10 Å². The summed E-state index contributed by atoms with van der Waals surface area (Å²) in [6, 6.07) is 0.138. The van der Waals surface area contributed by atoms with E-state index in [-0.39, 0.29) is 6.04 Å².